The van der Waals surface area contributed by atoms with Crippen LogP contribution in [0.1, 0.15) is 29.1 Å². The predicted octanol–water partition coefficient (Wildman–Crippen LogP) is 3.99. The van der Waals surface area contributed by atoms with Crippen molar-refractivity contribution in [2.75, 3.05) is 0 Å². The Labute approximate surface area is 114 Å². The number of hydrogen-bond acceptors (Lipinski definition) is 3. The van der Waals surface area contributed by atoms with E-state index in [2.05, 4.69) is 5.32 Å². The molecule has 2 aromatic heterocycles. The fourth-order valence-corrected chi connectivity index (χ4v) is 2.98. The van der Waals surface area contributed by atoms with Gasteiger partial charge in [-0.1, -0.05) is 18.2 Å². The molecule has 96 valence electrons. The molecule has 3 aromatic rings. The molecule has 0 aliphatic rings. The van der Waals surface area contributed by atoms with Crippen molar-refractivity contribution in [3.63, 3.8) is 0 Å². The predicted molar refractivity (Wildman–Crippen MR) is 76.4 cm³/mol. The van der Waals surface area contributed by atoms with Gasteiger partial charge in [0.25, 0.3) is 5.91 Å². The first-order chi connectivity index (χ1) is 9.25. The van der Waals surface area contributed by atoms with Crippen molar-refractivity contribution >= 4 is 27.3 Å². The zero-order valence-corrected chi connectivity index (χ0v) is 11.2. The summed E-state index contributed by atoms with van der Waals surface area (Å²) in [4.78, 5) is 12.3. The summed E-state index contributed by atoms with van der Waals surface area (Å²) in [6.45, 7) is 1.91. The molecule has 1 amide bonds. The van der Waals surface area contributed by atoms with E-state index in [-0.39, 0.29) is 11.9 Å². The minimum atomic E-state index is -0.138. The van der Waals surface area contributed by atoms with Gasteiger partial charge in [-0.05, 0) is 25.1 Å². The minimum Gasteiger partial charge on any atom is -0.467 e. The van der Waals surface area contributed by atoms with Crippen molar-refractivity contribution in [2.24, 2.45) is 0 Å². The number of furan rings is 1. The first-order valence-corrected chi connectivity index (χ1v) is 6.94. The van der Waals surface area contributed by atoms with E-state index in [9.17, 15) is 4.79 Å². The van der Waals surface area contributed by atoms with Crippen LogP contribution in [-0.4, -0.2) is 5.91 Å². The highest BCUT2D eigenvalue weighted by Crippen LogP contribution is 2.26. The van der Waals surface area contributed by atoms with Gasteiger partial charge in [0, 0.05) is 15.5 Å². The Morgan fingerprint density at radius 1 is 1.26 bits per heavy atom. The van der Waals surface area contributed by atoms with Crippen LogP contribution < -0.4 is 5.32 Å². The molecule has 0 spiro atoms. The van der Waals surface area contributed by atoms with Crippen LogP contribution in [0.25, 0.3) is 10.1 Å². The fourth-order valence-electron chi connectivity index (χ4n) is 2.04. The highest BCUT2D eigenvalue weighted by atomic mass is 32.1. The number of benzene rings is 1. The largest absolute Gasteiger partial charge is 0.467 e. The number of rotatable bonds is 3. The standard InChI is InChI=1S/C15H13NO2S/c1-10(13-6-4-8-18-13)16-15(17)12-9-19-14-7-3-2-5-11(12)14/h2-10H,1H3,(H,16,17). The SMILES string of the molecule is CC(NC(=O)c1csc2ccccc12)c1ccco1. The maximum Gasteiger partial charge on any atom is 0.253 e. The number of carbonyl (C=O) groups is 1. The van der Waals surface area contributed by atoms with Gasteiger partial charge in [0.05, 0.1) is 17.9 Å². The highest BCUT2D eigenvalue weighted by molar-refractivity contribution is 7.17. The van der Waals surface area contributed by atoms with Gasteiger partial charge in [0.15, 0.2) is 0 Å². The van der Waals surface area contributed by atoms with E-state index < -0.39 is 0 Å². The zero-order valence-electron chi connectivity index (χ0n) is 10.4. The van der Waals surface area contributed by atoms with Gasteiger partial charge < -0.3 is 9.73 Å². The van der Waals surface area contributed by atoms with Crippen molar-refractivity contribution in [3.05, 3.63) is 59.4 Å². The Bertz CT molecular complexity index is 700. The second-order valence-corrected chi connectivity index (χ2v) is 5.27. The lowest BCUT2D eigenvalue weighted by Crippen LogP contribution is -2.26. The number of nitrogens with one attached hydrogen (secondary N) is 1. The van der Waals surface area contributed by atoms with Crippen LogP contribution in [0.5, 0.6) is 0 Å². The molecule has 0 saturated heterocycles. The van der Waals surface area contributed by atoms with Crippen LogP contribution >= 0.6 is 11.3 Å². The second-order valence-electron chi connectivity index (χ2n) is 4.36. The third-order valence-electron chi connectivity index (χ3n) is 3.04. The second kappa shape index (κ2) is 4.90. The Morgan fingerprint density at radius 3 is 2.89 bits per heavy atom. The Balaban J connectivity index is 1.84. The first kappa shape index (κ1) is 12.0. The number of thiophene rings is 1. The number of hydrogen-bond donors (Lipinski definition) is 1. The van der Waals surface area contributed by atoms with Gasteiger partial charge in [-0.3, -0.25) is 4.79 Å². The number of carbonyl (C=O) groups excluding carboxylic acids is 1. The van der Waals surface area contributed by atoms with Crippen molar-refractivity contribution in [1.82, 2.24) is 5.32 Å². The lowest BCUT2D eigenvalue weighted by Gasteiger charge is -2.10. The monoisotopic (exact) mass is 271 g/mol. The van der Waals surface area contributed by atoms with Crippen LogP contribution in [-0.2, 0) is 0 Å². The van der Waals surface area contributed by atoms with Gasteiger partial charge in [-0.15, -0.1) is 11.3 Å². The molecule has 4 heteroatoms. The summed E-state index contributed by atoms with van der Waals surface area (Å²) in [5.74, 6) is 0.689. The summed E-state index contributed by atoms with van der Waals surface area (Å²) >= 11 is 1.58. The average molecular weight is 271 g/mol. The lowest BCUT2D eigenvalue weighted by atomic mass is 10.1. The van der Waals surface area contributed by atoms with Gasteiger partial charge >= 0.3 is 0 Å². The molecule has 1 aromatic carbocycles. The third-order valence-corrected chi connectivity index (χ3v) is 4.01. The number of amides is 1. The fraction of sp³-hybridized carbons (Fsp3) is 0.133. The lowest BCUT2D eigenvalue weighted by molar-refractivity contribution is 0.0937. The molecule has 3 nitrogen and oxygen atoms in total. The normalized spacial score (nSPS) is 12.5. The topological polar surface area (TPSA) is 42.2 Å². The Hall–Kier alpha value is -2.07. The van der Waals surface area contributed by atoms with Crippen molar-refractivity contribution in [1.29, 1.82) is 0 Å². The molecule has 1 N–H and O–H groups in total. The summed E-state index contributed by atoms with van der Waals surface area (Å²) in [6.07, 6.45) is 1.61. The van der Waals surface area contributed by atoms with Crippen LogP contribution in [0.3, 0.4) is 0 Å². The Morgan fingerprint density at radius 2 is 2.11 bits per heavy atom. The van der Waals surface area contributed by atoms with E-state index in [0.717, 1.165) is 21.4 Å². The summed E-state index contributed by atoms with van der Waals surface area (Å²) in [5.41, 5.74) is 0.721. The summed E-state index contributed by atoms with van der Waals surface area (Å²) in [7, 11) is 0. The first-order valence-electron chi connectivity index (χ1n) is 6.06. The quantitative estimate of drug-likeness (QED) is 0.782. The molecule has 3 rings (SSSR count). The number of fused-ring (bicyclic) bond motifs is 1. The molecule has 19 heavy (non-hydrogen) atoms. The molecule has 0 fully saturated rings. The van der Waals surface area contributed by atoms with E-state index in [1.165, 1.54) is 0 Å². The summed E-state index contributed by atoms with van der Waals surface area (Å²) in [5, 5.41) is 5.85. The van der Waals surface area contributed by atoms with Crippen LogP contribution in [0.4, 0.5) is 0 Å². The average Bonchev–Trinajstić information content (AvgIpc) is 3.08. The Kier molecular flexibility index (Phi) is 3.09. The van der Waals surface area contributed by atoms with Crippen molar-refractivity contribution in [2.45, 2.75) is 13.0 Å². The van der Waals surface area contributed by atoms with Crippen molar-refractivity contribution < 1.29 is 9.21 Å². The van der Waals surface area contributed by atoms with E-state index in [1.807, 2.05) is 48.7 Å². The molecule has 0 aliphatic heterocycles. The molecule has 0 saturated carbocycles. The third kappa shape index (κ3) is 2.27. The molecule has 0 radical (unpaired) electrons. The summed E-state index contributed by atoms with van der Waals surface area (Å²) in [6, 6.07) is 11.5. The van der Waals surface area contributed by atoms with E-state index in [4.69, 9.17) is 4.42 Å². The van der Waals surface area contributed by atoms with Gasteiger partial charge in [-0.25, -0.2) is 0 Å². The van der Waals surface area contributed by atoms with Crippen LogP contribution in [0.15, 0.2) is 52.5 Å². The zero-order chi connectivity index (χ0) is 13.2. The smallest absolute Gasteiger partial charge is 0.253 e. The molecule has 2 heterocycles. The summed E-state index contributed by atoms with van der Waals surface area (Å²) < 4.78 is 6.41. The maximum atomic E-state index is 12.3. The van der Waals surface area contributed by atoms with Crippen LogP contribution in [0.2, 0.25) is 0 Å². The van der Waals surface area contributed by atoms with E-state index in [1.54, 1.807) is 17.6 Å². The minimum absolute atomic E-state index is 0.0682. The molecular formula is C15H13NO2S. The van der Waals surface area contributed by atoms with Gasteiger partial charge in [0.1, 0.15) is 5.76 Å². The van der Waals surface area contributed by atoms with Crippen molar-refractivity contribution in [3.8, 4) is 0 Å². The molecular weight excluding hydrogens is 258 g/mol. The molecule has 1 atom stereocenters. The molecule has 0 aliphatic carbocycles. The van der Waals surface area contributed by atoms with E-state index >= 15 is 0 Å². The van der Waals surface area contributed by atoms with E-state index in [0.29, 0.717) is 0 Å². The van der Waals surface area contributed by atoms with Gasteiger partial charge in [0.2, 0.25) is 0 Å². The van der Waals surface area contributed by atoms with Crippen LogP contribution in [0, 0.1) is 0 Å². The molecule has 0 bridgehead atoms. The maximum absolute atomic E-state index is 12.3. The van der Waals surface area contributed by atoms with Gasteiger partial charge in [-0.2, -0.15) is 0 Å². The molecule has 1 unspecified atom stereocenters. The highest BCUT2D eigenvalue weighted by Gasteiger charge is 2.16.